The van der Waals surface area contributed by atoms with Crippen LogP contribution in [-0.4, -0.2) is 53.4 Å². The number of rotatable bonds is 7. The van der Waals surface area contributed by atoms with E-state index in [1.807, 2.05) is 0 Å². The van der Waals surface area contributed by atoms with Crippen molar-refractivity contribution in [2.45, 2.75) is 31.8 Å². The lowest BCUT2D eigenvalue weighted by Gasteiger charge is -2.40. The van der Waals surface area contributed by atoms with Crippen LogP contribution in [0.5, 0.6) is 5.75 Å². The van der Waals surface area contributed by atoms with E-state index in [-0.39, 0.29) is 24.2 Å². The van der Waals surface area contributed by atoms with Crippen LogP contribution in [0.4, 0.5) is 17.6 Å². The van der Waals surface area contributed by atoms with E-state index in [1.165, 1.54) is 7.11 Å². The second-order valence-electron chi connectivity index (χ2n) is 9.45. The monoisotopic (exact) mass is 516 g/mol. The fourth-order valence-electron chi connectivity index (χ4n) is 4.77. The highest BCUT2D eigenvalue weighted by molar-refractivity contribution is 5.84. The van der Waals surface area contributed by atoms with Crippen molar-refractivity contribution in [3.05, 3.63) is 70.9 Å². The SMILES string of the molecule is COc1ccc2ncc(F)c(C(O)CCC3(CO)CCN(CC#Cc4cc(F)c(F)c(F)c4)CC3)c2c1. The molecule has 2 N–H and O–H groups in total. The zero-order valence-electron chi connectivity index (χ0n) is 20.4. The lowest BCUT2D eigenvalue weighted by Crippen LogP contribution is -2.42. The average molecular weight is 517 g/mol. The van der Waals surface area contributed by atoms with Gasteiger partial charge in [-0.25, -0.2) is 17.6 Å². The molecule has 4 rings (SSSR count). The quantitative estimate of drug-likeness (QED) is 0.270. The fraction of sp³-hybridized carbons (Fsp3) is 0.393. The molecule has 1 fully saturated rings. The predicted octanol–water partition coefficient (Wildman–Crippen LogP) is 4.74. The summed E-state index contributed by atoms with van der Waals surface area (Å²) in [6.45, 7) is 1.53. The first-order valence-electron chi connectivity index (χ1n) is 12.0. The van der Waals surface area contributed by atoms with Gasteiger partial charge >= 0.3 is 0 Å². The van der Waals surface area contributed by atoms with Crippen LogP contribution in [0.1, 0.15) is 42.9 Å². The molecule has 0 bridgehead atoms. The first kappa shape index (κ1) is 26.9. The first-order valence-corrected chi connectivity index (χ1v) is 12.0. The third kappa shape index (κ3) is 6.04. The van der Waals surface area contributed by atoms with Crippen molar-refractivity contribution in [2.24, 2.45) is 5.41 Å². The predicted molar refractivity (Wildman–Crippen MR) is 131 cm³/mol. The Hall–Kier alpha value is -3.19. The molecule has 1 atom stereocenters. The Morgan fingerprint density at radius 2 is 1.78 bits per heavy atom. The highest BCUT2D eigenvalue weighted by Crippen LogP contribution is 2.39. The summed E-state index contributed by atoms with van der Waals surface area (Å²) < 4.78 is 59.7. The largest absolute Gasteiger partial charge is 0.497 e. The smallest absolute Gasteiger partial charge is 0.194 e. The molecule has 1 aliphatic heterocycles. The Labute approximate surface area is 212 Å². The third-order valence-corrected chi connectivity index (χ3v) is 7.12. The van der Waals surface area contributed by atoms with Gasteiger partial charge in [0.2, 0.25) is 0 Å². The number of pyridine rings is 1. The van der Waals surface area contributed by atoms with Gasteiger partial charge in [-0.3, -0.25) is 9.88 Å². The number of fused-ring (bicyclic) bond motifs is 1. The third-order valence-electron chi connectivity index (χ3n) is 7.12. The number of hydrogen-bond donors (Lipinski definition) is 2. The van der Waals surface area contributed by atoms with Gasteiger partial charge < -0.3 is 14.9 Å². The number of methoxy groups -OCH3 is 1. The first-order chi connectivity index (χ1) is 17.7. The van der Waals surface area contributed by atoms with Crippen molar-refractivity contribution < 1.29 is 32.5 Å². The Balaban J connectivity index is 1.37. The van der Waals surface area contributed by atoms with Gasteiger partial charge in [-0.15, -0.1) is 0 Å². The van der Waals surface area contributed by atoms with Crippen LogP contribution in [0.2, 0.25) is 0 Å². The number of hydrogen-bond acceptors (Lipinski definition) is 5. The molecule has 0 saturated carbocycles. The van der Waals surface area contributed by atoms with Crippen LogP contribution in [0, 0.1) is 40.5 Å². The van der Waals surface area contributed by atoms with Gasteiger partial charge in [0.05, 0.1) is 31.5 Å². The minimum absolute atomic E-state index is 0.0561. The number of likely N-dealkylation sites (tertiary alicyclic amines) is 1. The second-order valence-corrected chi connectivity index (χ2v) is 9.45. The Morgan fingerprint density at radius 1 is 1.08 bits per heavy atom. The highest BCUT2D eigenvalue weighted by atomic mass is 19.2. The topological polar surface area (TPSA) is 65.8 Å². The lowest BCUT2D eigenvalue weighted by molar-refractivity contribution is 0.0270. The number of halogens is 4. The number of aromatic nitrogens is 1. The van der Waals surface area contributed by atoms with Gasteiger partial charge in [0.1, 0.15) is 11.6 Å². The van der Waals surface area contributed by atoms with Gasteiger partial charge in [0.15, 0.2) is 17.5 Å². The summed E-state index contributed by atoms with van der Waals surface area (Å²) in [5.41, 5.74) is 0.345. The maximum absolute atomic E-state index is 14.7. The highest BCUT2D eigenvalue weighted by Gasteiger charge is 2.34. The minimum Gasteiger partial charge on any atom is -0.497 e. The van der Waals surface area contributed by atoms with E-state index in [0.29, 0.717) is 55.5 Å². The van der Waals surface area contributed by atoms with Crippen LogP contribution in [-0.2, 0) is 0 Å². The van der Waals surface area contributed by atoms with Crippen LogP contribution in [0.25, 0.3) is 10.9 Å². The molecule has 196 valence electrons. The number of aliphatic hydroxyl groups excluding tert-OH is 2. The average Bonchev–Trinajstić information content (AvgIpc) is 2.90. The Morgan fingerprint density at radius 3 is 2.43 bits per heavy atom. The molecule has 3 aromatic rings. The molecule has 5 nitrogen and oxygen atoms in total. The van der Waals surface area contributed by atoms with Crippen molar-refractivity contribution in [3.8, 4) is 17.6 Å². The lowest BCUT2D eigenvalue weighted by atomic mass is 9.74. The van der Waals surface area contributed by atoms with Gasteiger partial charge in [-0.05, 0) is 74.5 Å². The summed E-state index contributed by atoms with van der Waals surface area (Å²) in [4.78, 5) is 6.14. The number of benzene rings is 2. The van der Waals surface area contributed by atoms with Crippen molar-refractivity contribution in [1.82, 2.24) is 9.88 Å². The van der Waals surface area contributed by atoms with Crippen LogP contribution in [0.15, 0.2) is 36.5 Å². The molecule has 0 spiro atoms. The van der Waals surface area contributed by atoms with Crippen molar-refractivity contribution in [3.63, 3.8) is 0 Å². The molecule has 1 aliphatic rings. The summed E-state index contributed by atoms with van der Waals surface area (Å²) in [6, 6.07) is 6.79. The molecule has 0 aliphatic carbocycles. The van der Waals surface area contributed by atoms with Crippen LogP contribution < -0.4 is 4.74 Å². The molecule has 1 aromatic heterocycles. The van der Waals surface area contributed by atoms with E-state index in [1.54, 1.807) is 18.2 Å². The zero-order valence-corrected chi connectivity index (χ0v) is 20.4. The summed E-state index contributed by atoms with van der Waals surface area (Å²) in [6.07, 6.45) is 2.06. The molecule has 1 saturated heterocycles. The minimum atomic E-state index is -1.52. The maximum Gasteiger partial charge on any atom is 0.194 e. The van der Waals surface area contributed by atoms with E-state index in [0.717, 1.165) is 18.3 Å². The fourth-order valence-corrected chi connectivity index (χ4v) is 4.77. The summed E-state index contributed by atoms with van der Waals surface area (Å²) in [5, 5.41) is 21.6. The van der Waals surface area contributed by atoms with E-state index < -0.39 is 34.8 Å². The summed E-state index contributed by atoms with van der Waals surface area (Å²) >= 11 is 0. The van der Waals surface area contributed by atoms with Crippen molar-refractivity contribution in [1.29, 1.82) is 0 Å². The van der Waals surface area contributed by atoms with Gasteiger partial charge in [-0.1, -0.05) is 11.8 Å². The van der Waals surface area contributed by atoms with E-state index >= 15 is 0 Å². The molecule has 37 heavy (non-hydrogen) atoms. The Bertz CT molecular complexity index is 1310. The molecule has 1 unspecified atom stereocenters. The summed E-state index contributed by atoms with van der Waals surface area (Å²) in [7, 11) is 1.51. The molecular weight excluding hydrogens is 488 g/mol. The number of nitrogens with zero attached hydrogens (tertiary/aromatic N) is 2. The van der Waals surface area contributed by atoms with Crippen LogP contribution >= 0.6 is 0 Å². The van der Waals surface area contributed by atoms with Gasteiger partial charge in [-0.2, -0.15) is 0 Å². The number of ether oxygens (including phenoxy) is 1. The van der Waals surface area contributed by atoms with E-state index in [2.05, 4.69) is 21.7 Å². The molecule has 0 radical (unpaired) electrons. The van der Waals surface area contributed by atoms with Crippen molar-refractivity contribution in [2.75, 3.05) is 33.4 Å². The molecule has 2 aromatic carbocycles. The zero-order chi connectivity index (χ0) is 26.6. The summed E-state index contributed by atoms with van der Waals surface area (Å²) in [5.74, 6) is 1.36. The molecule has 2 heterocycles. The molecule has 0 amide bonds. The maximum atomic E-state index is 14.7. The van der Waals surface area contributed by atoms with Gasteiger partial charge in [0, 0.05) is 23.1 Å². The van der Waals surface area contributed by atoms with Crippen molar-refractivity contribution >= 4 is 10.9 Å². The van der Waals surface area contributed by atoms with Crippen LogP contribution in [0.3, 0.4) is 0 Å². The molecular formula is C28H28F4N2O3. The number of piperidine rings is 1. The van der Waals surface area contributed by atoms with E-state index in [4.69, 9.17) is 4.74 Å². The number of aliphatic hydroxyl groups is 2. The standard InChI is InChI=1S/C28H28F4N2O3/c1-37-19-4-5-24-20(15-19)26(23(31)16-33-24)25(36)6-7-28(17-35)8-11-34(12-9-28)10-2-3-18-13-21(29)27(32)22(30)14-18/h4-5,13-16,25,35-36H,6-12,17H2,1H3. The van der Waals surface area contributed by atoms with Gasteiger partial charge in [0.25, 0.3) is 0 Å². The second kappa shape index (κ2) is 11.5. The Kier molecular flexibility index (Phi) is 8.32. The normalized spacial score (nSPS) is 16.3. The van der Waals surface area contributed by atoms with E-state index in [9.17, 15) is 27.8 Å². The molecule has 9 heteroatoms.